The van der Waals surface area contributed by atoms with E-state index >= 15 is 0 Å². The van der Waals surface area contributed by atoms with Gasteiger partial charge in [-0.05, 0) is 30.7 Å². The maximum atomic E-state index is 12.6. The molecule has 1 N–H and O–H groups in total. The first-order valence-electron chi connectivity index (χ1n) is 3.18. The number of anilines is 1. The minimum Gasteiger partial charge on any atom is -0.388 e. The van der Waals surface area contributed by atoms with Crippen molar-refractivity contribution in [3.8, 4) is 0 Å². The summed E-state index contributed by atoms with van der Waals surface area (Å²) >= 11 is 0. The Bertz CT molecular complexity index is 238. The van der Waals surface area contributed by atoms with E-state index in [1.807, 2.05) is 7.05 Å². The lowest BCUT2D eigenvalue weighted by molar-refractivity contribution is 0.619. The average molecular weight is 141 g/mol. The Balaban J connectivity index is 0.000001000. The van der Waals surface area contributed by atoms with E-state index in [9.17, 15) is 4.39 Å². The van der Waals surface area contributed by atoms with Crippen molar-refractivity contribution in [2.45, 2.75) is 6.92 Å². The molecule has 0 bridgehead atoms. The number of nitrogens with one attached hydrogen (secondary N) is 1. The van der Waals surface area contributed by atoms with Crippen molar-refractivity contribution in [2.24, 2.45) is 0 Å². The third-order valence-corrected chi connectivity index (χ3v) is 1.45. The van der Waals surface area contributed by atoms with Crippen molar-refractivity contribution in [3.05, 3.63) is 29.6 Å². The number of benzene rings is 1. The summed E-state index contributed by atoms with van der Waals surface area (Å²) in [6, 6.07) is 4.94. The predicted molar refractivity (Wildman–Crippen MR) is 42.8 cm³/mol. The van der Waals surface area contributed by atoms with Crippen LogP contribution in [0.1, 0.15) is 6.99 Å². The Kier molecular flexibility index (Phi) is 1.90. The molecule has 0 saturated heterocycles. The maximum Gasteiger partial charge on any atom is 0.126 e. The molecular weight excluding hydrogens is 129 g/mol. The maximum absolute atomic E-state index is 12.6. The van der Waals surface area contributed by atoms with Crippen molar-refractivity contribution in [1.82, 2.24) is 0 Å². The number of hydrogen-bond donors (Lipinski definition) is 1. The van der Waals surface area contributed by atoms with Gasteiger partial charge in [0.1, 0.15) is 5.82 Å². The van der Waals surface area contributed by atoms with Gasteiger partial charge < -0.3 is 5.32 Å². The van der Waals surface area contributed by atoms with Gasteiger partial charge in [0.05, 0.1) is 0 Å². The molecule has 0 aromatic heterocycles. The van der Waals surface area contributed by atoms with Gasteiger partial charge in [0.15, 0.2) is 0 Å². The summed E-state index contributed by atoms with van der Waals surface area (Å²) in [5.41, 5.74) is 1.62. The molecule has 0 heterocycles. The molecule has 0 aliphatic carbocycles. The average Bonchev–Trinajstić information content (AvgIpc) is 1.95. The van der Waals surface area contributed by atoms with E-state index in [0.717, 1.165) is 5.69 Å². The fourth-order valence-electron chi connectivity index (χ4n) is 0.800. The molecule has 0 aliphatic rings. The molecule has 0 spiro atoms. The second-order valence-electron chi connectivity index (χ2n) is 2.21. The van der Waals surface area contributed by atoms with Crippen LogP contribution in [0.4, 0.5) is 10.1 Å². The van der Waals surface area contributed by atoms with E-state index in [1.165, 1.54) is 6.07 Å². The van der Waals surface area contributed by atoms with Crippen LogP contribution in [0.5, 0.6) is 0 Å². The standard InChI is InChI=1S/C8H10FN.H2/c1-6-5-7(10-2)3-4-8(6)9;/h3-5,10H,1-2H3;1H. The summed E-state index contributed by atoms with van der Waals surface area (Å²) in [5, 5.41) is 2.93. The molecule has 0 unspecified atom stereocenters. The first kappa shape index (κ1) is 7.06. The first-order chi connectivity index (χ1) is 4.74. The molecule has 0 fully saturated rings. The van der Waals surface area contributed by atoms with Crippen molar-refractivity contribution in [3.63, 3.8) is 0 Å². The normalized spacial score (nSPS) is 9.50. The molecule has 0 amide bonds. The summed E-state index contributed by atoms with van der Waals surface area (Å²) in [6.07, 6.45) is 0. The van der Waals surface area contributed by atoms with Gasteiger partial charge in [-0.2, -0.15) is 0 Å². The molecule has 10 heavy (non-hydrogen) atoms. The first-order valence-corrected chi connectivity index (χ1v) is 3.18. The van der Waals surface area contributed by atoms with Crippen LogP contribution in [0.3, 0.4) is 0 Å². The zero-order valence-corrected chi connectivity index (χ0v) is 6.11. The van der Waals surface area contributed by atoms with E-state index in [-0.39, 0.29) is 7.24 Å². The smallest absolute Gasteiger partial charge is 0.126 e. The minimum atomic E-state index is -0.154. The highest BCUT2D eigenvalue weighted by Gasteiger charge is 1.95. The minimum absolute atomic E-state index is 0. The molecule has 56 valence electrons. The summed E-state index contributed by atoms with van der Waals surface area (Å²) < 4.78 is 12.6. The topological polar surface area (TPSA) is 12.0 Å². The Morgan fingerprint density at radius 1 is 1.50 bits per heavy atom. The second-order valence-corrected chi connectivity index (χ2v) is 2.21. The predicted octanol–water partition coefficient (Wildman–Crippen LogP) is 2.42. The van der Waals surface area contributed by atoms with Crippen LogP contribution in [0.25, 0.3) is 0 Å². The van der Waals surface area contributed by atoms with Gasteiger partial charge in [0.2, 0.25) is 0 Å². The zero-order chi connectivity index (χ0) is 7.56. The van der Waals surface area contributed by atoms with Crippen molar-refractivity contribution >= 4 is 5.69 Å². The molecule has 0 saturated carbocycles. The van der Waals surface area contributed by atoms with Gasteiger partial charge in [0.25, 0.3) is 0 Å². The molecule has 0 atom stereocenters. The zero-order valence-electron chi connectivity index (χ0n) is 6.11. The molecule has 1 aromatic rings. The monoisotopic (exact) mass is 141 g/mol. The van der Waals surface area contributed by atoms with Crippen LogP contribution >= 0.6 is 0 Å². The highest BCUT2D eigenvalue weighted by Crippen LogP contribution is 2.12. The molecule has 0 aliphatic heterocycles. The van der Waals surface area contributed by atoms with Gasteiger partial charge >= 0.3 is 0 Å². The highest BCUT2D eigenvalue weighted by atomic mass is 19.1. The van der Waals surface area contributed by atoms with Crippen molar-refractivity contribution in [1.29, 1.82) is 0 Å². The van der Waals surface area contributed by atoms with Crippen LogP contribution in [0.2, 0.25) is 0 Å². The van der Waals surface area contributed by atoms with E-state index in [1.54, 1.807) is 19.1 Å². The largest absolute Gasteiger partial charge is 0.388 e. The van der Waals surface area contributed by atoms with E-state index < -0.39 is 0 Å². The Labute approximate surface area is 61.4 Å². The van der Waals surface area contributed by atoms with Gasteiger partial charge in [-0.25, -0.2) is 4.39 Å². The Hall–Kier alpha value is -1.05. The van der Waals surface area contributed by atoms with Crippen LogP contribution in [0, 0.1) is 12.7 Å². The third kappa shape index (κ3) is 1.26. The van der Waals surface area contributed by atoms with E-state index in [4.69, 9.17) is 0 Å². The fourth-order valence-corrected chi connectivity index (χ4v) is 0.800. The van der Waals surface area contributed by atoms with Crippen LogP contribution in [0.15, 0.2) is 18.2 Å². The molecular formula is C8H12FN. The van der Waals surface area contributed by atoms with Crippen LogP contribution in [-0.2, 0) is 0 Å². The summed E-state index contributed by atoms with van der Waals surface area (Å²) in [7, 11) is 1.81. The van der Waals surface area contributed by atoms with Gasteiger partial charge in [-0.3, -0.25) is 0 Å². The van der Waals surface area contributed by atoms with Gasteiger partial charge in [0, 0.05) is 14.2 Å². The molecule has 1 rings (SSSR count). The van der Waals surface area contributed by atoms with Gasteiger partial charge in [-0.1, -0.05) is 0 Å². The molecule has 1 aromatic carbocycles. The number of halogens is 1. The number of rotatable bonds is 1. The van der Waals surface area contributed by atoms with Gasteiger partial charge in [-0.15, -0.1) is 0 Å². The lowest BCUT2D eigenvalue weighted by Gasteiger charge is -2.00. The molecule has 0 radical (unpaired) electrons. The summed E-state index contributed by atoms with van der Waals surface area (Å²) in [6.45, 7) is 1.75. The van der Waals surface area contributed by atoms with E-state index in [0.29, 0.717) is 5.56 Å². The number of aryl methyl sites for hydroxylation is 1. The van der Waals surface area contributed by atoms with Crippen LogP contribution < -0.4 is 5.32 Å². The molecule has 2 heteroatoms. The lowest BCUT2D eigenvalue weighted by atomic mass is 10.2. The quantitative estimate of drug-likeness (QED) is 0.633. The SMILES string of the molecule is CNc1ccc(F)c(C)c1.[HH]. The molecule has 1 nitrogen and oxygen atoms in total. The fraction of sp³-hybridized carbons (Fsp3) is 0.250. The van der Waals surface area contributed by atoms with E-state index in [2.05, 4.69) is 5.32 Å². The Morgan fingerprint density at radius 3 is 2.70 bits per heavy atom. The lowest BCUT2D eigenvalue weighted by Crippen LogP contribution is -1.89. The van der Waals surface area contributed by atoms with Crippen molar-refractivity contribution in [2.75, 3.05) is 12.4 Å². The van der Waals surface area contributed by atoms with Crippen molar-refractivity contribution < 1.29 is 5.82 Å². The Morgan fingerprint density at radius 2 is 2.20 bits per heavy atom. The summed E-state index contributed by atoms with van der Waals surface area (Å²) in [5.74, 6) is -0.154. The summed E-state index contributed by atoms with van der Waals surface area (Å²) in [4.78, 5) is 0. The highest BCUT2D eigenvalue weighted by molar-refractivity contribution is 5.45. The third-order valence-electron chi connectivity index (χ3n) is 1.45. The second kappa shape index (κ2) is 2.69. The number of hydrogen-bond acceptors (Lipinski definition) is 1. The van der Waals surface area contributed by atoms with Crippen LogP contribution in [-0.4, -0.2) is 7.05 Å².